The molecule has 0 radical (unpaired) electrons. The molecule has 104 valence electrons. The Bertz CT molecular complexity index is 425. The number of ether oxygens (including phenoxy) is 3. The van der Waals surface area contributed by atoms with Crippen LogP contribution in [-0.2, 0) is 14.2 Å². The fourth-order valence-electron chi connectivity index (χ4n) is 1.23. The molecular formula is C13H16O6. The normalized spacial score (nSPS) is 23.0. The summed E-state index contributed by atoms with van der Waals surface area (Å²) in [4.78, 5) is 11.4. The Morgan fingerprint density at radius 1 is 1.26 bits per heavy atom. The predicted molar refractivity (Wildman–Crippen MR) is 65.0 cm³/mol. The number of rotatable bonds is 4. The van der Waals surface area contributed by atoms with Crippen LogP contribution < -0.4 is 0 Å². The Kier molecular flexibility index (Phi) is 4.73. The summed E-state index contributed by atoms with van der Waals surface area (Å²) in [5.41, 5.74) is 0.188. The van der Waals surface area contributed by atoms with Gasteiger partial charge in [-0.25, -0.2) is 4.79 Å². The monoisotopic (exact) mass is 268 g/mol. The first kappa shape index (κ1) is 13.8. The Morgan fingerprint density at radius 2 is 1.89 bits per heavy atom. The lowest BCUT2D eigenvalue weighted by molar-refractivity contribution is 0.0473. The van der Waals surface area contributed by atoms with Crippen molar-refractivity contribution in [3.63, 3.8) is 0 Å². The third-order valence-electron chi connectivity index (χ3n) is 2.53. The number of aromatic hydroxyl groups is 1. The van der Waals surface area contributed by atoms with E-state index >= 15 is 0 Å². The van der Waals surface area contributed by atoms with Crippen molar-refractivity contribution in [2.24, 2.45) is 0 Å². The van der Waals surface area contributed by atoms with E-state index in [2.05, 4.69) is 4.74 Å². The molecule has 6 nitrogen and oxygen atoms in total. The molecule has 1 aromatic rings. The molecule has 2 aliphatic rings. The number of benzene rings is 1. The number of hydrogen-bond acceptors (Lipinski definition) is 6. The molecule has 0 saturated carbocycles. The number of esters is 1. The summed E-state index contributed by atoms with van der Waals surface area (Å²) < 4.78 is 14.4. The van der Waals surface area contributed by atoms with Crippen LogP contribution in [0.5, 0.6) is 5.75 Å². The van der Waals surface area contributed by atoms with Gasteiger partial charge in [-0.05, 0) is 12.1 Å². The Balaban J connectivity index is 0.000000224. The van der Waals surface area contributed by atoms with Crippen LogP contribution in [0.2, 0.25) is 0 Å². The number of aliphatic hydroxyl groups excluding tert-OH is 1. The van der Waals surface area contributed by atoms with E-state index in [9.17, 15) is 9.90 Å². The van der Waals surface area contributed by atoms with E-state index in [1.807, 2.05) is 0 Å². The molecule has 1 aromatic carbocycles. The first-order valence-electron chi connectivity index (χ1n) is 6.00. The van der Waals surface area contributed by atoms with Gasteiger partial charge in [0, 0.05) is 0 Å². The number of phenols is 1. The highest BCUT2D eigenvalue weighted by molar-refractivity contribution is 5.92. The summed E-state index contributed by atoms with van der Waals surface area (Å²) in [5, 5.41) is 17.4. The Hall–Kier alpha value is -1.63. The Morgan fingerprint density at radius 3 is 2.37 bits per heavy atom. The minimum Gasteiger partial charge on any atom is -0.507 e. The number of para-hydroxylation sites is 1. The average Bonchev–Trinajstić information content (AvgIpc) is 3.31. The quantitative estimate of drug-likeness (QED) is 0.604. The van der Waals surface area contributed by atoms with Gasteiger partial charge in [-0.2, -0.15) is 0 Å². The van der Waals surface area contributed by atoms with Crippen molar-refractivity contribution in [3.05, 3.63) is 29.8 Å². The van der Waals surface area contributed by atoms with E-state index in [1.165, 1.54) is 12.1 Å². The van der Waals surface area contributed by atoms with Crippen LogP contribution in [0.4, 0.5) is 0 Å². The van der Waals surface area contributed by atoms with Crippen molar-refractivity contribution in [1.29, 1.82) is 0 Å². The lowest BCUT2D eigenvalue weighted by atomic mass is 10.2. The molecule has 2 saturated heterocycles. The summed E-state index contributed by atoms with van der Waals surface area (Å²) in [6, 6.07) is 6.29. The maximum Gasteiger partial charge on any atom is 0.342 e. The Labute approximate surface area is 110 Å². The van der Waals surface area contributed by atoms with Gasteiger partial charge in [0.1, 0.15) is 30.1 Å². The second kappa shape index (κ2) is 6.51. The molecule has 19 heavy (non-hydrogen) atoms. The lowest BCUT2D eigenvalue weighted by Gasteiger charge is -2.03. The van der Waals surface area contributed by atoms with Crippen LogP contribution in [0.1, 0.15) is 10.4 Å². The maximum absolute atomic E-state index is 11.4. The molecule has 2 heterocycles. The highest BCUT2D eigenvalue weighted by atomic mass is 16.6. The molecule has 6 heteroatoms. The first-order valence-corrected chi connectivity index (χ1v) is 6.00. The van der Waals surface area contributed by atoms with Gasteiger partial charge in [0.25, 0.3) is 0 Å². The molecule has 2 N–H and O–H groups in total. The van der Waals surface area contributed by atoms with Crippen molar-refractivity contribution in [1.82, 2.24) is 0 Å². The summed E-state index contributed by atoms with van der Waals surface area (Å²) in [5.74, 6) is -0.576. The van der Waals surface area contributed by atoms with Crippen LogP contribution in [0.15, 0.2) is 24.3 Å². The van der Waals surface area contributed by atoms with E-state index in [-0.39, 0.29) is 36.7 Å². The zero-order valence-corrected chi connectivity index (χ0v) is 10.3. The molecule has 0 spiro atoms. The van der Waals surface area contributed by atoms with Crippen LogP contribution >= 0.6 is 0 Å². The molecule has 0 amide bonds. The number of epoxide rings is 2. The van der Waals surface area contributed by atoms with Gasteiger partial charge >= 0.3 is 5.97 Å². The van der Waals surface area contributed by atoms with Gasteiger partial charge in [-0.3, -0.25) is 0 Å². The standard InChI is InChI=1S/C10H10O4.C3H6O2/c11-9-4-2-1-3-8(9)10(12)14-6-7-5-13-7;4-1-3-2-5-3/h1-4,7,11H,5-6H2;3-4H,1-2H2. The van der Waals surface area contributed by atoms with Crippen molar-refractivity contribution in [2.75, 3.05) is 26.4 Å². The summed E-state index contributed by atoms with van der Waals surface area (Å²) in [7, 11) is 0. The largest absolute Gasteiger partial charge is 0.507 e. The van der Waals surface area contributed by atoms with Crippen molar-refractivity contribution < 1.29 is 29.2 Å². The number of carbonyl (C=O) groups excluding carboxylic acids is 1. The van der Waals surface area contributed by atoms with Gasteiger partial charge in [0.15, 0.2) is 0 Å². The fraction of sp³-hybridized carbons (Fsp3) is 0.462. The number of carbonyl (C=O) groups is 1. The summed E-state index contributed by atoms with van der Waals surface area (Å²) >= 11 is 0. The second-order valence-corrected chi connectivity index (χ2v) is 4.21. The first-order chi connectivity index (χ1) is 9.20. The predicted octanol–water partition coefficient (Wildman–Crippen LogP) is 0.325. The molecule has 2 unspecified atom stereocenters. The molecule has 2 aliphatic heterocycles. The van der Waals surface area contributed by atoms with Crippen molar-refractivity contribution in [2.45, 2.75) is 12.2 Å². The minimum absolute atomic E-state index is 0.0461. The third-order valence-corrected chi connectivity index (χ3v) is 2.53. The van der Waals surface area contributed by atoms with Crippen molar-refractivity contribution in [3.8, 4) is 5.75 Å². The summed E-state index contributed by atoms with van der Waals surface area (Å²) in [6.45, 7) is 1.86. The molecule has 2 fully saturated rings. The second-order valence-electron chi connectivity index (χ2n) is 4.21. The van der Waals surface area contributed by atoms with Crippen molar-refractivity contribution >= 4 is 5.97 Å². The van der Waals surface area contributed by atoms with Gasteiger partial charge in [0.05, 0.1) is 19.8 Å². The number of aliphatic hydroxyl groups is 1. The molecular weight excluding hydrogens is 252 g/mol. The molecule has 0 aromatic heterocycles. The van der Waals surface area contributed by atoms with Crippen LogP contribution in [0, 0.1) is 0 Å². The smallest absolute Gasteiger partial charge is 0.342 e. The van der Waals surface area contributed by atoms with Gasteiger partial charge in [-0.1, -0.05) is 12.1 Å². The zero-order chi connectivity index (χ0) is 13.7. The average molecular weight is 268 g/mol. The number of phenolic OH excluding ortho intramolecular Hbond substituents is 1. The number of hydrogen-bond donors (Lipinski definition) is 2. The van der Waals surface area contributed by atoms with E-state index in [0.717, 1.165) is 6.61 Å². The molecule has 0 bridgehead atoms. The van der Waals surface area contributed by atoms with Gasteiger partial charge in [-0.15, -0.1) is 0 Å². The molecule has 3 rings (SSSR count). The highest BCUT2D eigenvalue weighted by Gasteiger charge is 2.25. The molecule has 2 atom stereocenters. The van der Waals surface area contributed by atoms with E-state index in [1.54, 1.807) is 12.1 Å². The highest BCUT2D eigenvalue weighted by Crippen LogP contribution is 2.17. The minimum atomic E-state index is -0.515. The SMILES string of the molecule is O=C(OCC1CO1)c1ccccc1O.OCC1CO1. The van der Waals surface area contributed by atoms with Crippen LogP contribution in [0.3, 0.4) is 0 Å². The van der Waals surface area contributed by atoms with E-state index in [0.29, 0.717) is 6.61 Å². The zero-order valence-electron chi connectivity index (χ0n) is 10.3. The van der Waals surface area contributed by atoms with E-state index < -0.39 is 5.97 Å². The topological polar surface area (TPSA) is 91.8 Å². The lowest BCUT2D eigenvalue weighted by Crippen LogP contribution is -2.10. The van der Waals surface area contributed by atoms with Crippen LogP contribution in [0.25, 0.3) is 0 Å². The fourth-order valence-corrected chi connectivity index (χ4v) is 1.23. The van der Waals surface area contributed by atoms with Gasteiger partial charge in [0.2, 0.25) is 0 Å². The van der Waals surface area contributed by atoms with Gasteiger partial charge < -0.3 is 24.4 Å². The third kappa shape index (κ3) is 4.86. The van der Waals surface area contributed by atoms with E-state index in [4.69, 9.17) is 14.6 Å². The molecule has 0 aliphatic carbocycles. The van der Waals surface area contributed by atoms with Crippen LogP contribution in [-0.4, -0.2) is 54.8 Å². The maximum atomic E-state index is 11.4. The summed E-state index contributed by atoms with van der Waals surface area (Å²) in [6.07, 6.45) is 0.236.